The molecule has 0 aliphatic carbocycles. The largest absolute Gasteiger partial charge is 0.479 e. The van der Waals surface area contributed by atoms with Crippen LogP contribution >= 0.6 is 12.4 Å². The zero-order valence-electron chi connectivity index (χ0n) is 8.20. The molecular weight excluding hydrogens is 243 g/mol. The van der Waals surface area contributed by atoms with Crippen LogP contribution < -0.4 is 10.5 Å². The molecule has 90 valence electrons. The highest BCUT2D eigenvalue weighted by atomic mass is 35.5. The normalized spacial score (nSPS) is 24.0. The highest BCUT2D eigenvalue weighted by molar-refractivity contribution is 5.85. The molecule has 0 bridgehead atoms. The Balaban J connectivity index is 0.00000128. The highest BCUT2D eigenvalue weighted by Crippen LogP contribution is 2.34. The maximum absolute atomic E-state index is 12.5. The molecule has 0 saturated heterocycles. The number of fused-ring (bicyclic) bond motifs is 1. The first-order valence-corrected chi connectivity index (χ1v) is 4.55. The van der Waals surface area contributed by atoms with Gasteiger partial charge in [-0.05, 0) is 18.1 Å². The molecule has 2 atom stereocenters. The number of benzene rings is 1. The van der Waals surface area contributed by atoms with Gasteiger partial charge in [-0.15, -0.1) is 12.4 Å². The van der Waals surface area contributed by atoms with Crippen LogP contribution in [-0.2, 0) is 6.42 Å². The van der Waals surface area contributed by atoms with Gasteiger partial charge in [-0.2, -0.15) is 13.2 Å². The monoisotopic (exact) mass is 253 g/mol. The lowest BCUT2D eigenvalue weighted by molar-refractivity contribution is -0.203. The molecule has 1 aliphatic heterocycles. The Labute approximate surface area is 97.0 Å². The fourth-order valence-corrected chi connectivity index (χ4v) is 1.68. The Kier molecular flexibility index (Phi) is 3.70. The van der Waals surface area contributed by atoms with Crippen molar-refractivity contribution in [3.8, 4) is 5.75 Å². The van der Waals surface area contributed by atoms with E-state index in [0.29, 0.717) is 0 Å². The molecule has 1 aromatic carbocycles. The SMILES string of the molecule is Cl.NC1Cc2ccccc2OC1C(F)(F)F. The minimum atomic E-state index is -4.41. The summed E-state index contributed by atoms with van der Waals surface area (Å²) in [5.74, 6) is 0.279. The summed E-state index contributed by atoms with van der Waals surface area (Å²) in [5.41, 5.74) is 6.16. The predicted octanol–water partition coefficient (Wildman–Crippen LogP) is 2.30. The van der Waals surface area contributed by atoms with Crippen molar-refractivity contribution in [3.63, 3.8) is 0 Å². The smallest absolute Gasteiger partial charge is 0.426 e. The second kappa shape index (κ2) is 4.51. The Hall–Kier alpha value is -0.940. The van der Waals surface area contributed by atoms with Crippen LogP contribution in [0.3, 0.4) is 0 Å². The van der Waals surface area contributed by atoms with Gasteiger partial charge in [0.2, 0.25) is 6.10 Å². The number of ether oxygens (including phenoxy) is 1. The number of hydrogen-bond acceptors (Lipinski definition) is 2. The van der Waals surface area contributed by atoms with Gasteiger partial charge in [0.25, 0.3) is 0 Å². The third-order valence-electron chi connectivity index (χ3n) is 2.39. The minimum absolute atomic E-state index is 0. The number of alkyl halides is 3. The van der Waals surface area contributed by atoms with Crippen LogP contribution in [0.4, 0.5) is 13.2 Å². The average molecular weight is 254 g/mol. The number of halogens is 4. The maximum Gasteiger partial charge on any atom is 0.426 e. The van der Waals surface area contributed by atoms with Crippen LogP contribution in [0.5, 0.6) is 5.75 Å². The van der Waals surface area contributed by atoms with Gasteiger partial charge >= 0.3 is 6.18 Å². The molecule has 2 unspecified atom stereocenters. The van der Waals surface area contributed by atoms with Gasteiger partial charge in [0, 0.05) is 0 Å². The van der Waals surface area contributed by atoms with E-state index >= 15 is 0 Å². The van der Waals surface area contributed by atoms with Crippen molar-refractivity contribution in [1.82, 2.24) is 0 Å². The van der Waals surface area contributed by atoms with Crippen molar-refractivity contribution in [2.75, 3.05) is 0 Å². The van der Waals surface area contributed by atoms with Crippen molar-refractivity contribution < 1.29 is 17.9 Å². The van der Waals surface area contributed by atoms with Crippen LogP contribution in [-0.4, -0.2) is 18.3 Å². The van der Waals surface area contributed by atoms with Crippen LogP contribution in [0.1, 0.15) is 5.56 Å². The fourth-order valence-electron chi connectivity index (χ4n) is 1.68. The van der Waals surface area contributed by atoms with Gasteiger partial charge in [0.15, 0.2) is 0 Å². The molecular formula is C10H11ClF3NO. The van der Waals surface area contributed by atoms with Crippen LogP contribution in [0.15, 0.2) is 24.3 Å². The number of nitrogens with two attached hydrogens (primary N) is 1. The number of para-hydroxylation sites is 1. The zero-order chi connectivity index (χ0) is 11.1. The van der Waals surface area contributed by atoms with E-state index in [4.69, 9.17) is 10.5 Å². The molecule has 16 heavy (non-hydrogen) atoms. The van der Waals surface area contributed by atoms with E-state index in [9.17, 15) is 13.2 Å². The average Bonchev–Trinajstić information content (AvgIpc) is 2.15. The molecule has 0 aromatic heterocycles. The highest BCUT2D eigenvalue weighted by Gasteiger charge is 2.47. The van der Waals surface area contributed by atoms with Crippen molar-refractivity contribution in [2.45, 2.75) is 24.7 Å². The molecule has 2 rings (SSSR count). The summed E-state index contributed by atoms with van der Waals surface area (Å²) in [6.45, 7) is 0. The standard InChI is InChI=1S/C10H10F3NO.ClH/c11-10(12,13)9-7(14)5-6-3-1-2-4-8(6)15-9;/h1-4,7,9H,5,14H2;1H. The quantitative estimate of drug-likeness (QED) is 0.770. The number of hydrogen-bond donors (Lipinski definition) is 1. The van der Waals surface area contributed by atoms with Crippen molar-refractivity contribution >= 4 is 12.4 Å². The lowest BCUT2D eigenvalue weighted by Crippen LogP contribution is -2.52. The van der Waals surface area contributed by atoms with Gasteiger partial charge in [-0.1, -0.05) is 18.2 Å². The zero-order valence-corrected chi connectivity index (χ0v) is 9.02. The van der Waals surface area contributed by atoms with Crippen LogP contribution in [0, 0.1) is 0 Å². The van der Waals surface area contributed by atoms with Crippen LogP contribution in [0.25, 0.3) is 0 Å². The summed E-state index contributed by atoms with van der Waals surface area (Å²) in [6.07, 6.45) is -6.11. The van der Waals surface area contributed by atoms with Crippen molar-refractivity contribution in [1.29, 1.82) is 0 Å². The van der Waals surface area contributed by atoms with Crippen molar-refractivity contribution in [3.05, 3.63) is 29.8 Å². The van der Waals surface area contributed by atoms with Crippen molar-refractivity contribution in [2.24, 2.45) is 5.73 Å². The van der Waals surface area contributed by atoms with Crippen LogP contribution in [0.2, 0.25) is 0 Å². The molecule has 2 N–H and O–H groups in total. The summed E-state index contributed by atoms with van der Waals surface area (Å²) in [5, 5.41) is 0. The topological polar surface area (TPSA) is 35.2 Å². The van der Waals surface area contributed by atoms with E-state index in [1.807, 2.05) is 0 Å². The molecule has 0 fully saturated rings. The summed E-state index contributed by atoms with van der Waals surface area (Å²) in [4.78, 5) is 0. The second-order valence-electron chi connectivity index (χ2n) is 3.56. The molecule has 2 nitrogen and oxygen atoms in total. The van der Waals surface area contributed by atoms with Gasteiger partial charge in [0.05, 0.1) is 6.04 Å². The Morgan fingerprint density at radius 1 is 1.25 bits per heavy atom. The second-order valence-corrected chi connectivity index (χ2v) is 3.56. The summed E-state index contributed by atoms with van der Waals surface area (Å²) < 4.78 is 42.3. The minimum Gasteiger partial charge on any atom is -0.479 e. The first-order valence-electron chi connectivity index (χ1n) is 4.55. The molecule has 1 heterocycles. The lowest BCUT2D eigenvalue weighted by atomic mass is 9.97. The van der Waals surface area contributed by atoms with E-state index < -0.39 is 18.3 Å². The molecule has 0 saturated carbocycles. The first kappa shape index (κ1) is 13.1. The van der Waals surface area contributed by atoms with Gasteiger partial charge in [0.1, 0.15) is 5.75 Å². The third-order valence-corrected chi connectivity index (χ3v) is 2.39. The van der Waals surface area contributed by atoms with E-state index in [0.717, 1.165) is 5.56 Å². The Morgan fingerprint density at radius 3 is 2.50 bits per heavy atom. The van der Waals surface area contributed by atoms with Gasteiger partial charge in [-0.25, -0.2) is 0 Å². The summed E-state index contributed by atoms with van der Waals surface area (Å²) in [7, 11) is 0. The molecule has 1 aromatic rings. The Bertz CT molecular complexity index is 369. The van der Waals surface area contributed by atoms with Gasteiger partial charge < -0.3 is 10.5 Å². The predicted molar refractivity (Wildman–Crippen MR) is 55.8 cm³/mol. The van der Waals surface area contributed by atoms with E-state index in [1.165, 1.54) is 6.07 Å². The fraction of sp³-hybridized carbons (Fsp3) is 0.400. The maximum atomic E-state index is 12.5. The number of rotatable bonds is 0. The van der Waals surface area contributed by atoms with E-state index in [-0.39, 0.29) is 24.6 Å². The molecule has 6 heteroatoms. The lowest BCUT2D eigenvalue weighted by Gasteiger charge is -2.32. The summed E-state index contributed by atoms with van der Waals surface area (Å²) >= 11 is 0. The molecule has 0 spiro atoms. The van der Waals surface area contributed by atoms with E-state index in [2.05, 4.69) is 0 Å². The Morgan fingerprint density at radius 2 is 1.88 bits per heavy atom. The molecule has 0 radical (unpaired) electrons. The van der Waals surface area contributed by atoms with Gasteiger partial charge in [-0.3, -0.25) is 0 Å². The first-order chi connectivity index (χ1) is 6.98. The summed E-state index contributed by atoms with van der Waals surface area (Å²) in [6, 6.07) is 5.62. The van der Waals surface area contributed by atoms with E-state index in [1.54, 1.807) is 18.2 Å². The molecule has 1 aliphatic rings. The third kappa shape index (κ3) is 2.41. The molecule has 0 amide bonds.